The molecule has 4 rings (SSSR count). The molecule has 1 aromatic heterocycles. The van der Waals surface area contributed by atoms with Gasteiger partial charge in [0, 0.05) is 43.8 Å². The lowest BCUT2D eigenvalue weighted by Crippen LogP contribution is -2.42. The lowest BCUT2D eigenvalue weighted by molar-refractivity contribution is -0.136. The molecule has 26 heavy (non-hydrogen) atoms. The number of hydrogen-bond donors (Lipinski definition) is 0. The summed E-state index contributed by atoms with van der Waals surface area (Å²) < 4.78 is 5.82. The number of pyridine rings is 1. The Labute approximate surface area is 154 Å². The third kappa shape index (κ3) is 3.52. The van der Waals surface area contributed by atoms with Crippen molar-refractivity contribution in [2.24, 2.45) is 5.92 Å². The third-order valence-corrected chi connectivity index (χ3v) is 5.28. The highest BCUT2D eigenvalue weighted by Crippen LogP contribution is 2.28. The number of hydrogen-bond acceptors (Lipinski definition) is 4. The predicted octanol–water partition coefficient (Wildman–Crippen LogP) is 2.68. The minimum atomic E-state index is -0.0698. The molecule has 5 nitrogen and oxygen atoms in total. The van der Waals surface area contributed by atoms with E-state index in [0.29, 0.717) is 6.61 Å². The average Bonchev–Trinajstić information content (AvgIpc) is 2.93. The van der Waals surface area contributed by atoms with Crippen molar-refractivity contribution in [3.05, 3.63) is 53.9 Å². The number of nitrogens with zero attached hydrogens (tertiary/aromatic N) is 3. The van der Waals surface area contributed by atoms with E-state index in [-0.39, 0.29) is 11.8 Å². The minimum Gasteiger partial charge on any atom is -0.492 e. The summed E-state index contributed by atoms with van der Waals surface area (Å²) in [6, 6.07) is 12.2. The monoisotopic (exact) mass is 351 g/mol. The van der Waals surface area contributed by atoms with Crippen molar-refractivity contribution in [2.45, 2.75) is 19.8 Å². The average molecular weight is 351 g/mol. The zero-order valence-corrected chi connectivity index (χ0v) is 15.2. The van der Waals surface area contributed by atoms with Crippen LogP contribution >= 0.6 is 0 Å². The van der Waals surface area contributed by atoms with Crippen LogP contribution in [0.1, 0.15) is 17.7 Å². The van der Waals surface area contributed by atoms with Gasteiger partial charge in [0.25, 0.3) is 0 Å². The summed E-state index contributed by atoms with van der Waals surface area (Å²) >= 11 is 0. The molecule has 1 saturated heterocycles. The van der Waals surface area contributed by atoms with Crippen LogP contribution in [0, 0.1) is 12.8 Å². The molecular formula is C21H25N3O2. The Hall–Kier alpha value is -2.56. The number of anilines is 1. The lowest BCUT2D eigenvalue weighted by Gasteiger charge is -2.30. The first-order chi connectivity index (χ1) is 12.7. The van der Waals surface area contributed by atoms with Crippen molar-refractivity contribution in [3.63, 3.8) is 0 Å². The fraction of sp³-hybridized carbons (Fsp3) is 0.429. The van der Waals surface area contributed by atoms with E-state index >= 15 is 0 Å². The van der Waals surface area contributed by atoms with Crippen LogP contribution in [0.5, 0.6) is 5.75 Å². The normalized spacial score (nSPS) is 20.1. The first kappa shape index (κ1) is 16.9. The quantitative estimate of drug-likeness (QED) is 0.835. The maximum Gasteiger partial charge on any atom is 0.229 e. The SMILES string of the molecule is Cc1cc(N2CCCN(C(=O)[C@@H]3COc4ccccc4C3)CC2)ccn1. The van der Waals surface area contributed by atoms with E-state index in [9.17, 15) is 4.79 Å². The van der Waals surface area contributed by atoms with Crippen LogP contribution < -0.4 is 9.64 Å². The molecule has 0 N–H and O–H groups in total. The summed E-state index contributed by atoms with van der Waals surface area (Å²) in [5.74, 6) is 1.08. The molecule has 3 heterocycles. The smallest absolute Gasteiger partial charge is 0.229 e. The first-order valence-electron chi connectivity index (χ1n) is 9.38. The van der Waals surface area contributed by atoms with E-state index in [0.717, 1.165) is 56.0 Å². The van der Waals surface area contributed by atoms with E-state index in [4.69, 9.17) is 4.74 Å². The molecule has 0 spiro atoms. The zero-order valence-electron chi connectivity index (χ0n) is 15.2. The summed E-state index contributed by atoms with van der Waals surface area (Å²) in [7, 11) is 0. The van der Waals surface area contributed by atoms with Crippen molar-refractivity contribution in [1.82, 2.24) is 9.88 Å². The standard InChI is InChI=1S/C21H25N3O2/c1-16-13-19(7-8-22-16)23-9-4-10-24(12-11-23)21(25)18-14-17-5-2-3-6-20(17)26-15-18/h2-3,5-8,13,18H,4,9-12,14-15H2,1H3/t18-/m0/s1. The molecule has 1 amide bonds. The Morgan fingerprint density at radius 2 is 2.04 bits per heavy atom. The second-order valence-corrected chi connectivity index (χ2v) is 7.14. The van der Waals surface area contributed by atoms with E-state index in [1.165, 1.54) is 5.69 Å². The Balaban J connectivity index is 1.40. The fourth-order valence-corrected chi connectivity index (χ4v) is 3.87. The van der Waals surface area contributed by atoms with Crippen molar-refractivity contribution >= 4 is 11.6 Å². The second-order valence-electron chi connectivity index (χ2n) is 7.14. The molecule has 1 aromatic carbocycles. The molecule has 2 aliphatic rings. The van der Waals surface area contributed by atoms with Crippen molar-refractivity contribution in [1.29, 1.82) is 0 Å². The lowest BCUT2D eigenvalue weighted by atomic mass is 9.95. The highest BCUT2D eigenvalue weighted by molar-refractivity contribution is 5.80. The Morgan fingerprint density at radius 3 is 2.92 bits per heavy atom. The Bertz CT molecular complexity index is 792. The van der Waals surface area contributed by atoms with Crippen LogP contribution in [0.4, 0.5) is 5.69 Å². The number of carbonyl (C=O) groups is 1. The summed E-state index contributed by atoms with van der Waals surface area (Å²) in [6.07, 6.45) is 3.62. The maximum atomic E-state index is 13.0. The number of rotatable bonds is 2. The van der Waals surface area contributed by atoms with E-state index in [1.54, 1.807) is 0 Å². The number of benzene rings is 1. The molecule has 5 heteroatoms. The molecular weight excluding hydrogens is 326 g/mol. The molecule has 0 aliphatic carbocycles. The van der Waals surface area contributed by atoms with Crippen LogP contribution in [0.2, 0.25) is 0 Å². The minimum absolute atomic E-state index is 0.0698. The molecule has 1 atom stereocenters. The van der Waals surface area contributed by atoms with Gasteiger partial charge in [-0.25, -0.2) is 0 Å². The topological polar surface area (TPSA) is 45.7 Å². The van der Waals surface area contributed by atoms with Gasteiger partial charge in [0.1, 0.15) is 12.4 Å². The highest BCUT2D eigenvalue weighted by Gasteiger charge is 2.30. The van der Waals surface area contributed by atoms with Crippen LogP contribution in [0.15, 0.2) is 42.6 Å². The molecule has 1 fully saturated rings. The Morgan fingerprint density at radius 1 is 1.15 bits per heavy atom. The second kappa shape index (κ2) is 7.36. The van der Waals surface area contributed by atoms with Crippen LogP contribution in [0.25, 0.3) is 0 Å². The van der Waals surface area contributed by atoms with Gasteiger partial charge in [-0.3, -0.25) is 9.78 Å². The number of aryl methyl sites for hydroxylation is 1. The van der Waals surface area contributed by atoms with Crippen LogP contribution in [-0.4, -0.2) is 48.6 Å². The Kier molecular flexibility index (Phi) is 4.78. The largest absolute Gasteiger partial charge is 0.492 e. The van der Waals surface area contributed by atoms with Crippen LogP contribution in [0.3, 0.4) is 0 Å². The van der Waals surface area contributed by atoms with Crippen molar-refractivity contribution in [3.8, 4) is 5.75 Å². The van der Waals surface area contributed by atoms with Crippen molar-refractivity contribution in [2.75, 3.05) is 37.7 Å². The summed E-state index contributed by atoms with van der Waals surface area (Å²) in [4.78, 5) is 21.7. The summed E-state index contributed by atoms with van der Waals surface area (Å²) in [5, 5.41) is 0. The number of fused-ring (bicyclic) bond motifs is 1. The number of aromatic nitrogens is 1. The van der Waals surface area contributed by atoms with Crippen LogP contribution in [-0.2, 0) is 11.2 Å². The fourth-order valence-electron chi connectivity index (χ4n) is 3.87. The van der Waals surface area contributed by atoms with E-state index in [1.807, 2.05) is 36.2 Å². The molecule has 2 aromatic rings. The number of ether oxygens (including phenoxy) is 1. The van der Waals surface area contributed by atoms with Gasteiger partial charge in [0.15, 0.2) is 0 Å². The molecule has 2 aliphatic heterocycles. The third-order valence-electron chi connectivity index (χ3n) is 5.28. The van der Waals surface area contributed by atoms with Gasteiger partial charge < -0.3 is 14.5 Å². The highest BCUT2D eigenvalue weighted by atomic mass is 16.5. The summed E-state index contributed by atoms with van der Waals surface area (Å²) in [6.45, 7) is 5.91. The zero-order chi connectivity index (χ0) is 17.9. The number of amides is 1. The molecule has 0 radical (unpaired) electrons. The molecule has 136 valence electrons. The van der Waals surface area contributed by atoms with E-state index in [2.05, 4.69) is 28.1 Å². The number of para-hydroxylation sites is 1. The van der Waals surface area contributed by atoms with Gasteiger partial charge in [0.05, 0.1) is 5.92 Å². The van der Waals surface area contributed by atoms with Gasteiger partial charge in [-0.05, 0) is 43.5 Å². The number of carbonyl (C=O) groups excluding carboxylic acids is 1. The van der Waals surface area contributed by atoms with E-state index < -0.39 is 0 Å². The van der Waals surface area contributed by atoms with Gasteiger partial charge in [0.2, 0.25) is 5.91 Å². The van der Waals surface area contributed by atoms with Gasteiger partial charge >= 0.3 is 0 Å². The first-order valence-corrected chi connectivity index (χ1v) is 9.38. The molecule has 0 saturated carbocycles. The maximum absolute atomic E-state index is 13.0. The molecule has 0 unspecified atom stereocenters. The molecule has 0 bridgehead atoms. The van der Waals surface area contributed by atoms with Gasteiger partial charge in [-0.2, -0.15) is 0 Å². The van der Waals surface area contributed by atoms with Gasteiger partial charge in [-0.15, -0.1) is 0 Å². The van der Waals surface area contributed by atoms with Gasteiger partial charge in [-0.1, -0.05) is 18.2 Å². The predicted molar refractivity (Wildman–Crippen MR) is 102 cm³/mol. The summed E-state index contributed by atoms with van der Waals surface area (Å²) in [5.41, 5.74) is 3.36. The van der Waals surface area contributed by atoms with Crippen molar-refractivity contribution < 1.29 is 9.53 Å².